The molecule has 4 heteroatoms. The Hall–Kier alpha value is -1.55. The molecule has 3 N–H and O–H groups in total. The zero-order chi connectivity index (χ0) is 11.5. The average molecular weight is 233 g/mol. The molecule has 0 radical (unpaired) electrons. The maximum atomic E-state index is 5.64. The van der Waals surface area contributed by atoms with Crippen molar-refractivity contribution in [3.8, 4) is 0 Å². The second kappa shape index (κ2) is 4.53. The number of aromatic nitrogens is 1. The normalized spacial score (nSPS) is 12.4. The lowest BCUT2D eigenvalue weighted by atomic mass is 10.0. The SMILES string of the molecule is Cc1ccccc1C(C)Nc1ncc(N)s1. The molecule has 0 aliphatic carbocycles. The third kappa shape index (κ3) is 2.33. The van der Waals surface area contributed by atoms with Crippen LogP contribution in [0.25, 0.3) is 0 Å². The molecule has 0 fully saturated rings. The van der Waals surface area contributed by atoms with Crippen molar-refractivity contribution in [2.24, 2.45) is 0 Å². The van der Waals surface area contributed by atoms with Crippen LogP contribution in [0.5, 0.6) is 0 Å². The standard InChI is InChI=1S/C12H15N3S/c1-8-5-3-4-6-10(8)9(2)15-12-14-7-11(13)16-12/h3-7,9H,13H2,1-2H3,(H,14,15). The van der Waals surface area contributed by atoms with Gasteiger partial charge in [-0.2, -0.15) is 0 Å². The van der Waals surface area contributed by atoms with Crippen molar-refractivity contribution in [1.82, 2.24) is 4.98 Å². The van der Waals surface area contributed by atoms with Crippen LogP contribution < -0.4 is 11.1 Å². The predicted molar refractivity (Wildman–Crippen MR) is 69.7 cm³/mol. The molecule has 0 saturated heterocycles. The Morgan fingerprint density at radius 3 is 2.75 bits per heavy atom. The molecular weight excluding hydrogens is 218 g/mol. The van der Waals surface area contributed by atoms with Gasteiger partial charge >= 0.3 is 0 Å². The Balaban J connectivity index is 2.14. The lowest BCUT2D eigenvalue weighted by Crippen LogP contribution is -2.07. The van der Waals surface area contributed by atoms with E-state index in [9.17, 15) is 0 Å². The molecule has 0 amide bonds. The van der Waals surface area contributed by atoms with E-state index in [1.54, 1.807) is 6.20 Å². The van der Waals surface area contributed by atoms with Gasteiger partial charge in [-0.05, 0) is 25.0 Å². The summed E-state index contributed by atoms with van der Waals surface area (Å²) >= 11 is 1.47. The van der Waals surface area contributed by atoms with Gasteiger partial charge in [0.1, 0.15) is 5.00 Å². The van der Waals surface area contributed by atoms with Gasteiger partial charge in [0, 0.05) is 0 Å². The van der Waals surface area contributed by atoms with Crippen LogP contribution >= 0.6 is 11.3 Å². The lowest BCUT2D eigenvalue weighted by molar-refractivity contribution is 0.871. The molecule has 16 heavy (non-hydrogen) atoms. The minimum atomic E-state index is 0.242. The van der Waals surface area contributed by atoms with E-state index < -0.39 is 0 Å². The molecule has 3 nitrogen and oxygen atoms in total. The summed E-state index contributed by atoms with van der Waals surface area (Å²) < 4.78 is 0. The van der Waals surface area contributed by atoms with Gasteiger partial charge in [0.15, 0.2) is 5.13 Å². The Bertz CT molecular complexity index is 479. The number of nitrogens with one attached hydrogen (secondary N) is 1. The zero-order valence-electron chi connectivity index (χ0n) is 9.40. The summed E-state index contributed by atoms with van der Waals surface area (Å²) in [5.41, 5.74) is 8.21. The molecule has 2 rings (SSSR count). The van der Waals surface area contributed by atoms with Gasteiger partial charge in [-0.1, -0.05) is 35.6 Å². The Labute approximate surface area is 99.3 Å². The molecule has 0 saturated carbocycles. The topological polar surface area (TPSA) is 50.9 Å². The number of aryl methyl sites for hydroxylation is 1. The summed E-state index contributed by atoms with van der Waals surface area (Å²) in [4.78, 5) is 4.19. The number of nitrogens with two attached hydrogens (primary N) is 1. The fraction of sp³-hybridized carbons (Fsp3) is 0.250. The molecular formula is C12H15N3S. The van der Waals surface area contributed by atoms with Crippen LogP contribution in [0.1, 0.15) is 24.1 Å². The zero-order valence-corrected chi connectivity index (χ0v) is 10.2. The number of benzene rings is 1. The Morgan fingerprint density at radius 2 is 2.12 bits per heavy atom. The van der Waals surface area contributed by atoms with Gasteiger partial charge < -0.3 is 11.1 Å². The molecule has 1 unspecified atom stereocenters. The Morgan fingerprint density at radius 1 is 1.38 bits per heavy atom. The van der Waals surface area contributed by atoms with Crippen LogP contribution in [0.15, 0.2) is 30.5 Å². The van der Waals surface area contributed by atoms with Crippen LogP contribution in [-0.2, 0) is 0 Å². The van der Waals surface area contributed by atoms with Gasteiger partial charge in [-0.15, -0.1) is 0 Å². The number of nitrogens with zero attached hydrogens (tertiary/aromatic N) is 1. The number of thiazole rings is 1. The van der Waals surface area contributed by atoms with Crippen molar-refractivity contribution in [3.63, 3.8) is 0 Å². The molecule has 1 atom stereocenters. The molecule has 84 valence electrons. The van der Waals surface area contributed by atoms with Gasteiger partial charge in [0.05, 0.1) is 12.2 Å². The minimum Gasteiger partial charge on any atom is -0.389 e. The number of hydrogen-bond acceptors (Lipinski definition) is 4. The van der Waals surface area contributed by atoms with Gasteiger partial charge in [-0.25, -0.2) is 4.98 Å². The molecule has 1 aromatic carbocycles. The van der Waals surface area contributed by atoms with Gasteiger partial charge in [0.2, 0.25) is 0 Å². The first kappa shape index (κ1) is 11.0. The highest BCUT2D eigenvalue weighted by Crippen LogP contribution is 2.26. The van der Waals surface area contributed by atoms with Crippen molar-refractivity contribution in [2.45, 2.75) is 19.9 Å². The van der Waals surface area contributed by atoms with E-state index >= 15 is 0 Å². The molecule has 0 aliphatic rings. The van der Waals surface area contributed by atoms with Crippen molar-refractivity contribution in [2.75, 3.05) is 11.1 Å². The highest BCUT2D eigenvalue weighted by atomic mass is 32.1. The molecule has 1 heterocycles. The maximum absolute atomic E-state index is 5.64. The fourth-order valence-electron chi connectivity index (χ4n) is 1.69. The van der Waals surface area contributed by atoms with Crippen LogP contribution in [0.4, 0.5) is 10.1 Å². The van der Waals surface area contributed by atoms with Crippen molar-refractivity contribution in [3.05, 3.63) is 41.6 Å². The first-order valence-electron chi connectivity index (χ1n) is 5.20. The van der Waals surface area contributed by atoms with E-state index in [2.05, 4.69) is 42.3 Å². The predicted octanol–water partition coefficient (Wildman–Crippen LogP) is 3.21. The number of anilines is 2. The first-order valence-corrected chi connectivity index (χ1v) is 6.02. The summed E-state index contributed by atoms with van der Waals surface area (Å²) in [5.74, 6) is 0. The van der Waals surface area contributed by atoms with Crippen LogP contribution in [-0.4, -0.2) is 4.98 Å². The highest BCUT2D eigenvalue weighted by Gasteiger charge is 2.09. The summed E-state index contributed by atoms with van der Waals surface area (Å²) in [6, 6.07) is 8.59. The highest BCUT2D eigenvalue weighted by molar-refractivity contribution is 7.19. The molecule has 2 aromatic rings. The molecule has 0 spiro atoms. The van der Waals surface area contributed by atoms with E-state index in [0.29, 0.717) is 0 Å². The summed E-state index contributed by atoms with van der Waals surface area (Å²) in [7, 11) is 0. The summed E-state index contributed by atoms with van der Waals surface area (Å²) in [5, 5.41) is 4.95. The van der Waals surface area contributed by atoms with Crippen molar-refractivity contribution in [1.29, 1.82) is 0 Å². The van der Waals surface area contributed by atoms with Gasteiger partial charge in [0.25, 0.3) is 0 Å². The minimum absolute atomic E-state index is 0.242. The number of rotatable bonds is 3. The van der Waals surface area contributed by atoms with Crippen LogP contribution in [0, 0.1) is 6.92 Å². The van der Waals surface area contributed by atoms with Crippen molar-refractivity contribution < 1.29 is 0 Å². The number of nitrogen functional groups attached to an aromatic ring is 1. The van der Waals surface area contributed by atoms with Crippen LogP contribution in [0.2, 0.25) is 0 Å². The van der Waals surface area contributed by atoms with E-state index in [-0.39, 0.29) is 6.04 Å². The van der Waals surface area contributed by atoms with Gasteiger partial charge in [-0.3, -0.25) is 0 Å². The van der Waals surface area contributed by atoms with E-state index in [4.69, 9.17) is 5.73 Å². The van der Waals surface area contributed by atoms with Crippen molar-refractivity contribution >= 4 is 21.5 Å². The molecule has 0 aliphatic heterocycles. The second-order valence-corrected chi connectivity index (χ2v) is 4.85. The molecule has 0 bridgehead atoms. The second-order valence-electron chi connectivity index (χ2n) is 3.79. The largest absolute Gasteiger partial charge is 0.389 e. The van der Waals surface area contributed by atoms with E-state index in [1.165, 1.54) is 22.5 Å². The summed E-state index contributed by atoms with van der Waals surface area (Å²) in [6.45, 7) is 4.24. The fourth-order valence-corrected chi connectivity index (χ4v) is 2.36. The molecule has 1 aromatic heterocycles. The van der Waals surface area contributed by atoms with E-state index in [0.717, 1.165) is 10.1 Å². The average Bonchev–Trinajstić information content (AvgIpc) is 2.64. The number of hydrogen-bond donors (Lipinski definition) is 2. The first-order chi connectivity index (χ1) is 7.66. The monoisotopic (exact) mass is 233 g/mol. The summed E-state index contributed by atoms with van der Waals surface area (Å²) in [6.07, 6.45) is 1.68. The quantitative estimate of drug-likeness (QED) is 0.856. The maximum Gasteiger partial charge on any atom is 0.185 e. The third-order valence-corrected chi connectivity index (χ3v) is 3.28. The lowest BCUT2D eigenvalue weighted by Gasteiger charge is -2.15. The Kier molecular flexibility index (Phi) is 3.10. The third-order valence-electron chi connectivity index (χ3n) is 2.52. The smallest absolute Gasteiger partial charge is 0.185 e. The van der Waals surface area contributed by atoms with Crippen LogP contribution in [0.3, 0.4) is 0 Å². The van der Waals surface area contributed by atoms with E-state index in [1.807, 2.05) is 6.07 Å².